The van der Waals surface area contributed by atoms with Crippen molar-refractivity contribution in [1.29, 1.82) is 0 Å². The first kappa shape index (κ1) is 18.1. The molecule has 0 radical (unpaired) electrons. The molecule has 0 saturated heterocycles. The zero-order valence-electron chi connectivity index (χ0n) is 14.5. The van der Waals surface area contributed by atoms with Crippen molar-refractivity contribution in [2.75, 3.05) is 4.72 Å². The van der Waals surface area contributed by atoms with Gasteiger partial charge in [0.25, 0.3) is 10.0 Å². The Hall–Kier alpha value is -1.70. The first-order valence-corrected chi connectivity index (χ1v) is 11.1. The van der Waals surface area contributed by atoms with Gasteiger partial charge < -0.3 is 0 Å². The zero-order chi connectivity index (χ0) is 18.2. The molecule has 1 aromatic carbocycles. The van der Waals surface area contributed by atoms with Crippen LogP contribution in [0.1, 0.15) is 35.9 Å². The Balaban J connectivity index is 1.91. The summed E-state index contributed by atoms with van der Waals surface area (Å²) in [7, 11) is -3.62. The molecule has 0 saturated carbocycles. The Kier molecular flexibility index (Phi) is 4.99. The highest BCUT2D eigenvalue weighted by Gasteiger charge is 2.22. The Labute approximate surface area is 156 Å². The van der Waals surface area contributed by atoms with E-state index >= 15 is 0 Å². The number of hydrogen-bond donors (Lipinski definition) is 1. The van der Waals surface area contributed by atoms with Gasteiger partial charge in [-0.2, -0.15) is 0 Å². The number of hydrogen-bond acceptors (Lipinski definition) is 5. The SMILES string of the molecule is Cc1ccc(NS(=O)(=O)c2cc(-c3nc(C(C)C)cs3)sc2C)cc1. The summed E-state index contributed by atoms with van der Waals surface area (Å²) >= 11 is 3.01. The largest absolute Gasteiger partial charge is 0.280 e. The van der Waals surface area contributed by atoms with Gasteiger partial charge in [0.2, 0.25) is 0 Å². The molecule has 1 N–H and O–H groups in total. The predicted molar refractivity (Wildman–Crippen MR) is 106 cm³/mol. The van der Waals surface area contributed by atoms with Crippen LogP contribution in [0.25, 0.3) is 9.88 Å². The van der Waals surface area contributed by atoms with Gasteiger partial charge in [0.05, 0.1) is 10.6 Å². The smallest absolute Gasteiger partial charge is 0.263 e. The van der Waals surface area contributed by atoms with Crippen LogP contribution in [0, 0.1) is 13.8 Å². The van der Waals surface area contributed by atoms with Crippen LogP contribution in [0.4, 0.5) is 5.69 Å². The molecule has 7 heteroatoms. The molecule has 0 fully saturated rings. The van der Waals surface area contributed by atoms with Gasteiger partial charge in [-0.15, -0.1) is 22.7 Å². The van der Waals surface area contributed by atoms with Crippen LogP contribution in [-0.2, 0) is 10.0 Å². The molecule has 0 spiro atoms. The quantitative estimate of drug-likeness (QED) is 0.631. The van der Waals surface area contributed by atoms with Crippen LogP contribution in [0.5, 0.6) is 0 Å². The molecule has 0 atom stereocenters. The number of thiophene rings is 1. The number of sulfonamides is 1. The third-order valence-electron chi connectivity index (χ3n) is 3.79. The fourth-order valence-electron chi connectivity index (χ4n) is 2.33. The second-order valence-corrected chi connectivity index (χ2v) is 10.0. The van der Waals surface area contributed by atoms with Crippen molar-refractivity contribution in [2.24, 2.45) is 0 Å². The summed E-state index contributed by atoms with van der Waals surface area (Å²) in [6.45, 7) is 7.99. The van der Waals surface area contributed by atoms with E-state index in [-0.39, 0.29) is 0 Å². The normalized spacial score (nSPS) is 11.9. The molecule has 3 aromatic rings. The zero-order valence-corrected chi connectivity index (χ0v) is 17.0. The summed E-state index contributed by atoms with van der Waals surface area (Å²) in [5.41, 5.74) is 2.68. The van der Waals surface area contributed by atoms with E-state index in [0.29, 0.717) is 16.5 Å². The second-order valence-electron chi connectivity index (χ2n) is 6.23. The van der Waals surface area contributed by atoms with Gasteiger partial charge in [-0.3, -0.25) is 4.72 Å². The number of thiazole rings is 1. The standard InChI is InChI=1S/C18H20N2O2S3/c1-11(2)15-10-23-18(19-15)16-9-17(13(4)24-16)25(21,22)20-14-7-5-12(3)6-8-14/h5-11,20H,1-4H3. The summed E-state index contributed by atoms with van der Waals surface area (Å²) < 4.78 is 28.1. The van der Waals surface area contributed by atoms with Crippen LogP contribution in [0.15, 0.2) is 40.6 Å². The third-order valence-corrected chi connectivity index (χ3v) is 7.51. The molecule has 0 amide bonds. The van der Waals surface area contributed by atoms with Crippen molar-refractivity contribution in [3.05, 3.63) is 51.8 Å². The first-order valence-electron chi connectivity index (χ1n) is 7.92. The number of benzene rings is 1. The molecular weight excluding hydrogens is 372 g/mol. The van der Waals surface area contributed by atoms with E-state index < -0.39 is 10.0 Å². The van der Waals surface area contributed by atoms with Gasteiger partial charge in [0, 0.05) is 15.9 Å². The maximum atomic E-state index is 12.7. The molecule has 0 aliphatic rings. The summed E-state index contributed by atoms with van der Waals surface area (Å²) in [4.78, 5) is 6.59. The minimum Gasteiger partial charge on any atom is -0.280 e. The van der Waals surface area contributed by atoms with Crippen molar-refractivity contribution in [3.63, 3.8) is 0 Å². The lowest BCUT2D eigenvalue weighted by Crippen LogP contribution is -2.13. The highest BCUT2D eigenvalue weighted by Crippen LogP contribution is 2.36. The van der Waals surface area contributed by atoms with Gasteiger partial charge in [0.1, 0.15) is 9.90 Å². The van der Waals surface area contributed by atoms with Crippen LogP contribution in [-0.4, -0.2) is 13.4 Å². The molecule has 0 aliphatic heterocycles. The van der Waals surface area contributed by atoms with Gasteiger partial charge in [-0.25, -0.2) is 13.4 Å². The summed E-state index contributed by atoms with van der Waals surface area (Å²) in [5.74, 6) is 0.359. The van der Waals surface area contributed by atoms with E-state index in [4.69, 9.17) is 0 Å². The van der Waals surface area contributed by atoms with Crippen molar-refractivity contribution in [3.8, 4) is 9.88 Å². The summed E-state index contributed by atoms with van der Waals surface area (Å²) in [6, 6.07) is 9.02. The maximum Gasteiger partial charge on any atom is 0.263 e. The average Bonchev–Trinajstić information content (AvgIpc) is 3.16. The Bertz CT molecular complexity index is 984. The first-order chi connectivity index (χ1) is 11.8. The number of aromatic nitrogens is 1. The Morgan fingerprint density at radius 1 is 1.12 bits per heavy atom. The van der Waals surface area contributed by atoms with E-state index in [2.05, 4.69) is 23.6 Å². The lowest BCUT2D eigenvalue weighted by molar-refractivity contribution is 0.601. The average molecular weight is 393 g/mol. The van der Waals surface area contributed by atoms with Crippen molar-refractivity contribution in [2.45, 2.75) is 38.5 Å². The number of nitrogens with one attached hydrogen (secondary N) is 1. The molecule has 25 heavy (non-hydrogen) atoms. The molecule has 2 heterocycles. The molecule has 0 bridgehead atoms. The van der Waals surface area contributed by atoms with Gasteiger partial charge in [-0.05, 0) is 38.0 Å². The molecule has 3 rings (SSSR count). The molecule has 2 aromatic heterocycles. The fraction of sp³-hybridized carbons (Fsp3) is 0.278. The van der Waals surface area contributed by atoms with E-state index in [9.17, 15) is 8.42 Å². The molecule has 0 unspecified atom stereocenters. The summed E-state index contributed by atoms with van der Waals surface area (Å²) in [5, 5.41) is 2.90. The molecule has 4 nitrogen and oxygen atoms in total. The van der Waals surface area contributed by atoms with Crippen LogP contribution >= 0.6 is 22.7 Å². The topological polar surface area (TPSA) is 59.1 Å². The monoisotopic (exact) mass is 392 g/mol. The Morgan fingerprint density at radius 3 is 2.40 bits per heavy atom. The van der Waals surface area contributed by atoms with Gasteiger partial charge >= 0.3 is 0 Å². The maximum absolute atomic E-state index is 12.7. The van der Waals surface area contributed by atoms with E-state index in [1.807, 2.05) is 31.4 Å². The number of rotatable bonds is 5. The minimum atomic E-state index is -3.62. The Morgan fingerprint density at radius 2 is 1.80 bits per heavy atom. The molecule has 0 aliphatic carbocycles. The van der Waals surface area contributed by atoms with Crippen molar-refractivity contribution >= 4 is 38.4 Å². The highest BCUT2D eigenvalue weighted by molar-refractivity contribution is 7.93. The van der Waals surface area contributed by atoms with E-state index in [1.54, 1.807) is 29.5 Å². The lowest BCUT2D eigenvalue weighted by Gasteiger charge is -2.07. The lowest BCUT2D eigenvalue weighted by atomic mass is 10.2. The predicted octanol–water partition coefficient (Wildman–Crippen LogP) is 5.41. The highest BCUT2D eigenvalue weighted by atomic mass is 32.2. The van der Waals surface area contributed by atoms with Gasteiger partial charge in [-0.1, -0.05) is 31.5 Å². The van der Waals surface area contributed by atoms with Crippen LogP contribution < -0.4 is 4.72 Å². The van der Waals surface area contributed by atoms with E-state index in [0.717, 1.165) is 26.0 Å². The minimum absolute atomic E-state index is 0.314. The van der Waals surface area contributed by atoms with Crippen molar-refractivity contribution < 1.29 is 8.42 Å². The molecular formula is C18H20N2O2S3. The summed E-state index contributed by atoms with van der Waals surface area (Å²) in [6.07, 6.45) is 0. The fourth-order valence-corrected chi connectivity index (χ4v) is 6.03. The van der Waals surface area contributed by atoms with Crippen LogP contribution in [0.2, 0.25) is 0 Å². The van der Waals surface area contributed by atoms with Crippen molar-refractivity contribution in [1.82, 2.24) is 4.98 Å². The van der Waals surface area contributed by atoms with Crippen LogP contribution in [0.3, 0.4) is 0 Å². The van der Waals surface area contributed by atoms with Gasteiger partial charge in [0.15, 0.2) is 0 Å². The molecule has 132 valence electrons. The van der Waals surface area contributed by atoms with E-state index in [1.165, 1.54) is 11.3 Å². The number of nitrogens with zero attached hydrogens (tertiary/aromatic N) is 1. The third kappa shape index (κ3) is 3.94. The number of anilines is 1. The number of aryl methyl sites for hydroxylation is 2. The second kappa shape index (κ2) is 6.90.